The molecule has 0 amide bonds. The van der Waals surface area contributed by atoms with Crippen molar-refractivity contribution in [3.05, 3.63) is 84.6 Å². The molecule has 0 spiro atoms. The van der Waals surface area contributed by atoms with Crippen LogP contribution in [0.4, 0.5) is 0 Å². The second kappa shape index (κ2) is 7.89. The summed E-state index contributed by atoms with van der Waals surface area (Å²) in [6.45, 7) is 1.99. The minimum Gasteiger partial charge on any atom is -0.497 e. The van der Waals surface area contributed by atoms with E-state index >= 15 is 0 Å². The molecule has 0 bridgehead atoms. The van der Waals surface area contributed by atoms with E-state index < -0.39 is 9.84 Å². The van der Waals surface area contributed by atoms with E-state index in [9.17, 15) is 8.42 Å². The molecule has 0 aliphatic carbocycles. The number of hydrogen-bond acceptors (Lipinski definition) is 5. The number of sulfone groups is 1. The van der Waals surface area contributed by atoms with Crippen LogP contribution in [0.5, 0.6) is 5.75 Å². The molecular weight excluding hydrogens is 402 g/mol. The van der Waals surface area contributed by atoms with Gasteiger partial charge in [0, 0.05) is 21.4 Å². The highest BCUT2D eigenvalue weighted by Gasteiger charge is 2.24. The molecule has 4 rings (SSSR count). The van der Waals surface area contributed by atoms with Gasteiger partial charge in [0.25, 0.3) is 0 Å². The number of pyridine rings is 1. The van der Waals surface area contributed by atoms with Crippen molar-refractivity contribution in [3.63, 3.8) is 0 Å². The lowest BCUT2D eigenvalue weighted by molar-refractivity contribution is 0.414. The van der Waals surface area contributed by atoms with E-state index in [-0.39, 0.29) is 9.79 Å². The molecule has 0 aliphatic rings. The molecule has 0 atom stereocenters. The minimum absolute atomic E-state index is 0.203. The van der Waals surface area contributed by atoms with E-state index in [0.29, 0.717) is 10.6 Å². The number of ether oxygens (including phenoxy) is 1. The minimum atomic E-state index is -3.76. The first-order chi connectivity index (χ1) is 14.0. The average Bonchev–Trinajstić information content (AvgIpc) is 2.74. The Labute approximate surface area is 174 Å². The van der Waals surface area contributed by atoms with Crippen LogP contribution in [0.15, 0.2) is 98.6 Å². The molecule has 4 aromatic rings. The number of aromatic nitrogens is 1. The number of aryl methyl sites for hydroxylation is 1. The molecule has 3 aromatic carbocycles. The van der Waals surface area contributed by atoms with E-state index in [1.807, 2.05) is 55.5 Å². The van der Waals surface area contributed by atoms with E-state index in [2.05, 4.69) is 4.98 Å². The van der Waals surface area contributed by atoms with Gasteiger partial charge in [0.05, 0.1) is 17.5 Å². The molecule has 6 heteroatoms. The average molecular weight is 422 g/mol. The standard InChI is InChI=1S/C23H19NO3S2/c1-16-8-13-21-20(14-16)23(28-18-6-4-3-5-7-18)22(15-24-21)29(25,26)19-11-9-17(27-2)10-12-19/h3-15H,1-2H3. The molecule has 0 saturated carbocycles. The summed E-state index contributed by atoms with van der Waals surface area (Å²) < 4.78 is 32.1. The Morgan fingerprint density at radius 1 is 0.931 bits per heavy atom. The van der Waals surface area contributed by atoms with Gasteiger partial charge in [-0.05, 0) is 55.5 Å². The second-order valence-corrected chi connectivity index (χ2v) is 9.57. The summed E-state index contributed by atoms with van der Waals surface area (Å²) in [5.41, 5.74) is 1.82. The Kier molecular flexibility index (Phi) is 5.30. The zero-order chi connectivity index (χ0) is 20.4. The number of benzene rings is 3. The van der Waals surface area contributed by atoms with Crippen LogP contribution in [0.3, 0.4) is 0 Å². The van der Waals surface area contributed by atoms with E-state index in [1.54, 1.807) is 31.4 Å². The van der Waals surface area contributed by atoms with Gasteiger partial charge in [-0.25, -0.2) is 8.42 Å². The Bertz CT molecular complexity index is 1270. The highest BCUT2D eigenvalue weighted by atomic mass is 32.2. The van der Waals surface area contributed by atoms with Gasteiger partial charge in [-0.15, -0.1) is 0 Å². The molecule has 0 aliphatic heterocycles. The third-order valence-corrected chi connectivity index (χ3v) is 7.63. The van der Waals surface area contributed by atoms with Crippen molar-refractivity contribution in [2.75, 3.05) is 7.11 Å². The van der Waals surface area contributed by atoms with Crippen LogP contribution < -0.4 is 4.74 Å². The molecule has 0 fully saturated rings. The van der Waals surface area contributed by atoms with Gasteiger partial charge >= 0.3 is 0 Å². The largest absolute Gasteiger partial charge is 0.497 e. The number of rotatable bonds is 5. The maximum Gasteiger partial charge on any atom is 0.209 e. The van der Waals surface area contributed by atoms with E-state index in [4.69, 9.17) is 4.74 Å². The summed E-state index contributed by atoms with van der Waals surface area (Å²) in [6, 6.07) is 22.1. The van der Waals surface area contributed by atoms with E-state index in [0.717, 1.165) is 21.4 Å². The van der Waals surface area contributed by atoms with Gasteiger partial charge in [0.15, 0.2) is 0 Å². The Balaban J connectivity index is 1.94. The summed E-state index contributed by atoms with van der Waals surface area (Å²) in [5, 5.41) is 0.827. The molecule has 146 valence electrons. The van der Waals surface area contributed by atoms with Crippen molar-refractivity contribution in [2.24, 2.45) is 0 Å². The number of fused-ring (bicyclic) bond motifs is 1. The second-order valence-electron chi connectivity index (χ2n) is 6.57. The molecule has 0 saturated heterocycles. The zero-order valence-corrected chi connectivity index (χ0v) is 17.6. The topological polar surface area (TPSA) is 56.3 Å². The van der Waals surface area contributed by atoms with Crippen LogP contribution in [0, 0.1) is 6.92 Å². The van der Waals surface area contributed by atoms with Crippen LogP contribution in [-0.2, 0) is 9.84 Å². The lowest BCUT2D eigenvalue weighted by Gasteiger charge is -2.14. The number of methoxy groups -OCH3 is 1. The van der Waals surface area contributed by atoms with Gasteiger partial charge in [-0.2, -0.15) is 0 Å². The molecule has 29 heavy (non-hydrogen) atoms. The highest BCUT2D eigenvalue weighted by Crippen LogP contribution is 2.40. The van der Waals surface area contributed by atoms with Crippen LogP contribution in [-0.4, -0.2) is 20.5 Å². The van der Waals surface area contributed by atoms with Gasteiger partial charge in [0.2, 0.25) is 9.84 Å². The Hall–Kier alpha value is -2.83. The molecule has 0 radical (unpaired) electrons. The fourth-order valence-electron chi connectivity index (χ4n) is 3.05. The SMILES string of the molecule is COc1ccc(S(=O)(=O)c2cnc3ccc(C)cc3c2Sc2ccccc2)cc1. The Morgan fingerprint density at radius 3 is 2.34 bits per heavy atom. The number of hydrogen-bond donors (Lipinski definition) is 0. The van der Waals surface area contributed by atoms with Crippen LogP contribution >= 0.6 is 11.8 Å². The lowest BCUT2D eigenvalue weighted by atomic mass is 10.1. The van der Waals surface area contributed by atoms with Crippen molar-refractivity contribution in [1.82, 2.24) is 4.98 Å². The quantitative estimate of drug-likeness (QED) is 0.424. The predicted octanol–water partition coefficient (Wildman–Crippen LogP) is 5.54. The molecule has 1 aromatic heterocycles. The lowest BCUT2D eigenvalue weighted by Crippen LogP contribution is -2.05. The van der Waals surface area contributed by atoms with Crippen molar-refractivity contribution in [2.45, 2.75) is 26.5 Å². The summed E-state index contributed by atoms with van der Waals surface area (Å²) in [7, 11) is -2.21. The van der Waals surface area contributed by atoms with Gasteiger partial charge in [-0.3, -0.25) is 4.98 Å². The summed E-state index contributed by atoms with van der Waals surface area (Å²) >= 11 is 1.44. The van der Waals surface area contributed by atoms with Gasteiger partial charge in [0.1, 0.15) is 10.6 Å². The van der Waals surface area contributed by atoms with Gasteiger partial charge in [-0.1, -0.05) is 41.6 Å². The molecular formula is C23H19NO3S2. The maximum absolute atomic E-state index is 13.5. The number of nitrogens with zero attached hydrogens (tertiary/aromatic N) is 1. The fraction of sp³-hybridized carbons (Fsp3) is 0.0870. The predicted molar refractivity (Wildman–Crippen MR) is 115 cm³/mol. The molecule has 0 N–H and O–H groups in total. The maximum atomic E-state index is 13.5. The van der Waals surface area contributed by atoms with Crippen LogP contribution in [0.1, 0.15) is 5.56 Å². The smallest absolute Gasteiger partial charge is 0.209 e. The molecule has 0 unspecified atom stereocenters. The third kappa shape index (κ3) is 3.86. The van der Waals surface area contributed by atoms with Gasteiger partial charge < -0.3 is 4.74 Å². The monoisotopic (exact) mass is 421 g/mol. The van der Waals surface area contributed by atoms with Crippen LogP contribution in [0.25, 0.3) is 10.9 Å². The zero-order valence-electron chi connectivity index (χ0n) is 16.0. The fourth-order valence-corrected chi connectivity index (χ4v) is 5.75. The van der Waals surface area contributed by atoms with Crippen molar-refractivity contribution < 1.29 is 13.2 Å². The highest BCUT2D eigenvalue weighted by molar-refractivity contribution is 8.00. The van der Waals surface area contributed by atoms with Crippen molar-refractivity contribution in [1.29, 1.82) is 0 Å². The summed E-state index contributed by atoms with van der Waals surface area (Å²) in [4.78, 5) is 6.49. The van der Waals surface area contributed by atoms with E-state index in [1.165, 1.54) is 18.0 Å². The summed E-state index contributed by atoms with van der Waals surface area (Å²) in [6.07, 6.45) is 1.46. The van der Waals surface area contributed by atoms with Crippen LogP contribution in [0.2, 0.25) is 0 Å². The first-order valence-corrected chi connectivity index (χ1v) is 11.3. The van der Waals surface area contributed by atoms with Crippen molar-refractivity contribution in [3.8, 4) is 5.75 Å². The first-order valence-electron chi connectivity index (χ1n) is 9.00. The third-order valence-electron chi connectivity index (χ3n) is 4.56. The Morgan fingerprint density at radius 2 is 1.66 bits per heavy atom. The molecule has 1 heterocycles. The normalized spacial score (nSPS) is 11.5. The molecule has 4 nitrogen and oxygen atoms in total. The summed E-state index contributed by atoms with van der Waals surface area (Å²) in [5.74, 6) is 0.607. The first kappa shape index (κ1) is 19.5. The van der Waals surface area contributed by atoms with Crippen molar-refractivity contribution >= 4 is 32.5 Å².